The van der Waals surface area contributed by atoms with Gasteiger partial charge in [0.1, 0.15) is 6.04 Å². The van der Waals surface area contributed by atoms with Crippen LogP contribution in [0.15, 0.2) is 18.2 Å². The van der Waals surface area contributed by atoms with Crippen molar-refractivity contribution >= 4 is 23.2 Å². The number of amides is 2. The zero-order chi connectivity index (χ0) is 18.3. The molecule has 2 fully saturated rings. The number of benzene rings is 1. The lowest BCUT2D eigenvalue weighted by atomic mass is 9.74. The minimum absolute atomic E-state index is 0.0382. The molecule has 3 aliphatic heterocycles. The summed E-state index contributed by atoms with van der Waals surface area (Å²) in [7, 11) is 1.91. The predicted molar refractivity (Wildman–Crippen MR) is 101 cm³/mol. The van der Waals surface area contributed by atoms with E-state index in [1.54, 1.807) is 0 Å². The lowest BCUT2D eigenvalue weighted by Crippen LogP contribution is -2.48. The minimum Gasteiger partial charge on any atom is -0.381 e. The summed E-state index contributed by atoms with van der Waals surface area (Å²) in [5, 5.41) is 2.93. The quantitative estimate of drug-likeness (QED) is 0.839. The number of likely N-dealkylation sites (N-methyl/N-ethyl adjacent to an activating group) is 1. The maximum Gasteiger partial charge on any atom is 0.253 e. The summed E-state index contributed by atoms with van der Waals surface area (Å²) in [5.74, 6) is 0.0256. The lowest BCUT2D eigenvalue weighted by Gasteiger charge is -2.45. The van der Waals surface area contributed by atoms with Gasteiger partial charge < -0.3 is 19.9 Å². The maximum absolute atomic E-state index is 13.1. The van der Waals surface area contributed by atoms with E-state index in [-0.39, 0.29) is 23.3 Å². The second-order valence-corrected chi connectivity index (χ2v) is 7.95. The van der Waals surface area contributed by atoms with Crippen molar-refractivity contribution in [3.8, 4) is 0 Å². The molecule has 0 bridgehead atoms. The Balaban J connectivity index is 1.55. The summed E-state index contributed by atoms with van der Waals surface area (Å²) in [5.41, 5.74) is 2.55. The third kappa shape index (κ3) is 2.96. The van der Waals surface area contributed by atoms with Crippen LogP contribution < -0.4 is 10.2 Å². The van der Waals surface area contributed by atoms with Gasteiger partial charge in [0.15, 0.2) is 0 Å². The molecule has 2 saturated heterocycles. The summed E-state index contributed by atoms with van der Waals surface area (Å²) in [6, 6.07) is 5.43. The van der Waals surface area contributed by atoms with Gasteiger partial charge >= 0.3 is 0 Å². The normalized spacial score (nSPS) is 25.0. The highest BCUT2D eigenvalue weighted by atomic mass is 16.5. The Morgan fingerprint density at radius 1 is 1.27 bits per heavy atom. The van der Waals surface area contributed by atoms with Gasteiger partial charge in [0.05, 0.1) is 11.4 Å². The Kier molecular flexibility index (Phi) is 4.39. The minimum atomic E-state index is -0.209. The Morgan fingerprint density at radius 2 is 2.04 bits per heavy atom. The largest absolute Gasteiger partial charge is 0.381 e. The molecule has 6 nitrogen and oxygen atoms in total. The first kappa shape index (κ1) is 17.3. The topological polar surface area (TPSA) is 61.9 Å². The highest BCUT2D eigenvalue weighted by Gasteiger charge is 2.38. The van der Waals surface area contributed by atoms with E-state index in [0.29, 0.717) is 5.56 Å². The molecule has 1 unspecified atom stereocenters. The van der Waals surface area contributed by atoms with E-state index in [4.69, 9.17) is 4.74 Å². The van der Waals surface area contributed by atoms with Gasteiger partial charge in [-0.3, -0.25) is 9.59 Å². The van der Waals surface area contributed by atoms with Crippen LogP contribution in [0, 0.1) is 5.41 Å². The van der Waals surface area contributed by atoms with Crippen LogP contribution in [0.1, 0.15) is 43.0 Å². The lowest BCUT2D eigenvalue weighted by molar-refractivity contribution is -0.117. The molecule has 4 rings (SSSR count). The van der Waals surface area contributed by atoms with E-state index in [9.17, 15) is 9.59 Å². The molecule has 1 N–H and O–H groups in total. The van der Waals surface area contributed by atoms with Gasteiger partial charge in [-0.15, -0.1) is 0 Å². The number of nitrogens with zero attached hydrogens (tertiary/aromatic N) is 2. The second-order valence-electron chi connectivity index (χ2n) is 7.95. The van der Waals surface area contributed by atoms with E-state index < -0.39 is 0 Å². The van der Waals surface area contributed by atoms with E-state index in [0.717, 1.165) is 56.9 Å². The average Bonchev–Trinajstić information content (AvgIpc) is 2.66. The number of rotatable bonds is 1. The molecule has 0 aliphatic carbocycles. The number of hydrogen-bond acceptors (Lipinski definition) is 4. The van der Waals surface area contributed by atoms with E-state index in [2.05, 4.69) is 5.32 Å². The molecule has 1 aromatic carbocycles. The first-order chi connectivity index (χ1) is 12.5. The van der Waals surface area contributed by atoms with Crippen molar-refractivity contribution in [1.82, 2.24) is 4.90 Å². The smallest absolute Gasteiger partial charge is 0.253 e. The Hall–Kier alpha value is -2.08. The predicted octanol–water partition coefficient (Wildman–Crippen LogP) is 2.50. The fourth-order valence-electron chi connectivity index (χ4n) is 4.47. The molecule has 1 atom stereocenters. The van der Waals surface area contributed by atoms with E-state index in [1.165, 1.54) is 6.42 Å². The molecular weight excluding hydrogens is 330 g/mol. The molecule has 1 aromatic rings. The summed E-state index contributed by atoms with van der Waals surface area (Å²) in [6.45, 7) is 5.10. The maximum atomic E-state index is 13.1. The van der Waals surface area contributed by atoms with Gasteiger partial charge in [-0.1, -0.05) is 0 Å². The summed E-state index contributed by atoms with van der Waals surface area (Å²) in [6.07, 6.45) is 4.32. The first-order valence-electron chi connectivity index (χ1n) is 9.54. The molecule has 0 saturated carbocycles. The number of fused-ring (bicyclic) bond motifs is 1. The number of piperidine rings is 1. The van der Waals surface area contributed by atoms with Crippen molar-refractivity contribution < 1.29 is 14.3 Å². The van der Waals surface area contributed by atoms with Crippen molar-refractivity contribution in [1.29, 1.82) is 0 Å². The number of carbonyl (C=O) groups excluding carboxylic acids is 2. The zero-order valence-electron chi connectivity index (χ0n) is 15.6. The Labute approximate surface area is 154 Å². The fourth-order valence-corrected chi connectivity index (χ4v) is 4.47. The van der Waals surface area contributed by atoms with Crippen molar-refractivity contribution in [3.05, 3.63) is 23.8 Å². The van der Waals surface area contributed by atoms with Crippen LogP contribution in [0.3, 0.4) is 0 Å². The monoisotopic (exact) mass is 357 g/mol. The summed E-state index contributed by atoms with van der Waals surface area (Å²) >= 11 is 0. The van der Waals surface area contributed by atoms with Gasteiger partial charge in [0, 0.05) is 38.9 Å². The van der Waals surface area contributed by atoms with E-state index in [1.807, 2.05) is 42.0 Å². The number of anilines is 2. The highest BCUT2D eigenvalue weighted by molar-refractivity contribution is 6.05. The Morgan fingerprint density at radius 3 is 2.81 bits per heavy atom. The van der Waals surface area contributed by atoms with Crippen molar-refractivity contribution in [3.63, 3.8) is 0 Å². The molecule has 26 heavy (non-hydrogen) atoms. The van der Waals surface area contributed by atoms with Gasteiger partial charge in [-0.25, -0.2) is 0 Å². The molecule has 1 spiro atoms. The molecule has 0 radical (unpaired) electrons. The third-order valence-corrected chi connectivity index (χ3v) is 6.34. The standard InChI is InChI=1S/C20H27N3O3/c1-14-18(24)21-16-12-15(4-5-17(16)22(14)2)19(25)23-9-3-6-20(13-23)7-10-26-11-8-20/h4-5,12,14H,3,6-11,13H2,1-2H3,(H,21,24). The van der Waals surface area contributed by atoms with Crippen LogP contribution in [0.2, 0.25) is 0 Å². The van der Waals surface area contributed by atoms with Crippen LogP contribution in [-0.4, -0.2) is 56.1 Å². The number of nitrogens with one attached hydrogen (secondary N) is 1. The number of likely N-dealkylation sites (tertiary alicyclic amines) is 1. The molecule has 140 valence electrons. The van der Waals surface area contributed by atoms with Crippen LogP contribution in [0.5, 0.6) is 0 Å². The van der Waals surface area contributed by atoms with Crippen LogP contribution in [0.25, 0.3) is 0 Å². The van der Waals surface area contributed by atoms with Crippen molar-refractivity contribution in [2.24, 2.45) is 5.41 Å². The molecule has 3 aliphatic rings. The third-order valence-electron chi connectivity index (χ3n) is 6.34. The molecule has 2 amide bonds. The average molecular weight is 357 g/mol. The fraction of sp³-hybridized carbons (Fsp3) is 0.600. The van der Waals surface area contributed by atoms with E-state index >= 15 is 0 Å². The van der Waals surface area contributed by atoms with Gasteiger partial charge in [-0.2, -0.15) is 0 Å². The van der Waals surface area contributed by atoms with Gasteiger partial charge in [0.25, 0.3) is 5.91 Å². The van der Waals surface area contributed by atoms with Gasteiger partial charge in [-0.05, 0) is 56.2 Å². The number of hydrogen-bond donors (Lipinski definition) is 1. The number of ether oxygens (including phenoxy) is 1. The SMILES string of the molecule is CC1C(=O)Nc2cc(C(=O)N3CCCC4(CCOCC4)C3)ccc2N1C. The highest BCUT2D eigenvalue weighted by Crippen LogP contribution is 2.40. The van der Waals surface area contributed by atoms with Crippen molar-refractivity contribution in [2.75, 3.05) is 43.6 Å². The Bertz CT molecular complexity index is 722. The molecular formula is C20H27N3O3. The molecule has 6 heteroatoms. The van der Waals surface area contributed by atoms with Gasteiger partial charge in [0.2, 0.25) is 5.91 Å². The van der Waals surface area contributed by atoms with Crippen LogP contribution in [0.4, 0.5) is 11.4 Å². The second kappa shape index (κ2) is 6.58. The van der Waals surface area contributed by atoms with Crippen LogP contribution in [-0.2, 0) is 9.53 Å². The zero-order valence-corrected chi connectivity index (χ0v) is 15.6. The summed E-state index contributed by atoms with van der Waals surface area (Å²) in [4.78, 5) is 29.1. The molecule has 0 aromatic heterocycles. The molecule has 3 heterocycles. The summed E-state index contributed by atoms with van der Waals surface area (Å²) < 4.78 is 5.52. The van der Waals surface area contributed by atoms with Crippen molar-refractivity contribution in [2.45, 2.75) is 38.6 Å². The van der Waals surface area contributed by atoms with Crippen LogP contribution >= 0.6 is 0 Å². The first-order valence-corrected chi connectivity index (χ1v) is 9.54. The number of carbonyl (C=O) groups is 2.